The molecule has 1 fully saturated rings. The van der Waals surface area contributed by atoms with Gasteiger partial charge < -0.3 is 19.5 Å². The molecule has 1 saturated heterocycles. The quantitative estimate of drug-likeness (QED) is 0.777. The van der Waals surface area contributed by atoms with Crippen molar-refractivity contribution in [2.75, 3.05) is 20.0 Å². The van der Waals surface area contributed by atoms with Gasteiger partial charge in [0.1, 0.15) is 6.04 Å². The number of hydrogen-bond acceptors (Lipinski definition) is 5. The van der Waals surface area contributed by atoms with Crippen LogP contribution in [-0.2, 0) is 9.59 Å². The summed E-state index contributed by atoms with van der Waals surface area (Å²) in [5.41, 5.74) is 0.846. The van der Waals surface area contributed by atoms with E-state index >= 15 is 0 Å². The van der Waals surface area contributed by atoms with E-state index in [9.17, 15) is 14.7 Å². The first-order valence-corrected chi connectivity index (χ1v) is 8.03. The van der Waals surface area contributed by atoms with Crippen LogP contribution >= 0.6 is 12.6 Å². The largest absolute Gasteiger partial charge is 0.493 e. The van der Waals surface area contributed by atoms with E-state index in [0.29, 0.717) is 30.1 Å². The third kappa shape index (κ3) is 3.55. The molecule has 126 valence electrons. The van der Waals surface area contributed by atoms with Gasteiger partial charge in [0.2, 0.25) is 5.91 Å². The number of benzene rings is 1. The van der Waals surface area contributed by atoms with Gasteiger partial charge in [-0.2, -0.15) is 12.6 Å². The van der Waals surface area contributed by atoms with E-state index in [0.717, 1.165) is 5.56 Å². The zero-order valence-corrected chi connectivity index (χ0v) is 14.1. The molecule has 23 heavy (non-hydrogen) atoms. The molecule has 2 rings (SSSR count). The highest BCUT2D eigenvalue weighted by Gasteiger charge is 2.41. The summed E-state index contributed by atoms with van der Waals surface area (Å²) >= 11 is 4.08. The fraction of sp³-hybridized carbons (Fsp3) is 0.500. The lowest BCUT2D eigenvalue weighted by atomic mass is 10.0. The van der Waals surface area contributed by atoms with Gasteiger partial charge in [-0.15, -0.1) is 0 Å². The van der Waals surface area contributed by atoms with Crippen LogP contribution in [0, 0.1) is 0 Å². The number of hydrogen-bond donors (Lipinski definition) is 2. The third-order valence-corrected chi connectivity index (χ3v) is 4.30. The lowest BCUT2D eigenvalue weighted by Crippen LogP contribution is -2.41. The number of likely N-dealkylation sites (tertiary alicyclic amines) is 1. The Balaban J connectivity index is 2.36. The molecule has 1 aliphatic heterocycles. The molecule has 1 aliphatic rings. The van der Waals surface area contributed by atoms with Crippen molar-refractivity contribution in [1.82, 2.24) is 4.90 Å². The maximum absolute atomic E-state index is 12.4. The van der Waals surface area contributed by atoms with Crippen molar-refractivity contribution in [2.24, 2.45) is 0 Å². The summed E-state index contributed by atoms with van der Waals surface area (Å²) in [5, 5.41) is 9.39. The number of nitrogens with zero attached hydrogens (tertiary/aromatic N) is 1. The van der Waals surface area contributed by atoms with Crippen molar-refractivity contribution < 1.29 is 24.2 Å². The summed E-state index contributed by atoms with van der Waals surface area (Å²) in [6.07, 6.45) is 1.26. The fourth-order valence-corrected chi connectivity index (χ4v) is 3.20. The molecule has 1 amide bonds. The summed E-state index contributed by atoms with van der Waals surface area (Å²) in [6.45, 7) is 0. The average molecular weight is 339 g/mol. The van der Waals surface area contributed by atoms with Gasteiger partial charge >= 0.3 is 5.97 Å². The van der Waals surface area contributed by atoms with Gasteiger partial charge in [0.05, 0.1) is 20.3 Å². The highest BCUT2D eigenvalue weighted by atomic mass is 32.1. The molecule has 1 aromatic rings. The Hall–Kier alpha value is -1.89. The number of aliphatic carboxylic acids is 1. The Bertz CT molecular complexity index is 592. The van der Waals surface area contributed by atoms with Crippen LogP contribution in [0.2, 0.25) is 0 Å². The molecule has 1 heterocycles. The van der Waals surface area contributed by atoms with Gasteiger partial charge in [0, 0.05) is 6.42 Å². The zero-order chi connectivity index (χ0) is 17.0. The molecule has 6 nitrogen and oxygen atoms in total. The molecule has 2 atom stereocenters. The number of carbonyl (C=O) groups is 2. The van der Waals surface area contributed by atoms with E-state index in [4.69, 9.17) is 9.47 Å². The summed E-state index contributed by atoms with van der Waals surface area (Å²) < 4.78 is 10.5. The van der Waals surface area contributed by atoms with Crippen molar-refractivity contribution in [3.8, 4) is 11.5 Å². The van der Waals surface area contributed by atoms with Gasteiger partial charge in [-0.1, -0.05) is 6.07 Å². The second-order valence-corrected chi connectivity index (χ2v) is 5.78. The predicted molar refractivity (Wildman–Crippen MR) is 88.3 cm³/mol. The number of rotatable bonds is 6. The SMILES string of the molecule is COc1ccc(C2CCC(C(=O)O)N2C(=O)CCS)cc1OC. The normalized spacial score (nSPS) is 20.4. The third-order valence-electron chi connectivity index (χ3n) is 4.08. The van der Waals surface area contributed by atoms with Crippen molar-refractivity contribution in [3.63, 3.8) is 0 Å². The Morgan fingerprint density at radius 3 is 2.52 bits per heavy atom. The molecule has 0 saturated carbocycles. The number of carboxylic acid groups (broad SMARTS) is 1. The summed E-state index contributed by atoms with van der Waals surface area (Å²) in [6, 6.07) is 4.35. The number of carboxylic acids is 1. The number of ether oxygens (including phenoxy) is 2. The van der Waals surface area contributed by atoms with Crippen molar-refractivity contribution in [3.05, 3.63) is 23.8 Å². The predicted octanol–water partition coefficient (Wildman–Crippen LogP) is 2.14. The smallest absolute Gasteiger partial charge is 0.326 e. The van der Waals surface area contributed by atoms with Crippen LogP contribution in [0.3, 0.4) is 0 Å². The molecule has 1 aromatic carbocycles. The number of carbonyl (C=O) groups excluding carboxylic acids is 1. The zero-order valence-electron chi connectivity index (χ0n) is 13.2. The number of amides is 1. The van der Waals surface area contributed by atoms with Gasteiger partial charge in [-0.05, 0) is 36.3 Å². The van der Waals surface area contributed by atoms with Gasteiger partial charge in [0.15, 0.2) is 11.5 Å². The molecule has 2 unspecified atom stereocenters. The van der Waals surface area contributed by atoms with E-state index in [1.165, 1.54) is 4.90 Å². The molecule has 0 aromatic heterocycles. The maximum atomic E-state index is 12.4. The summed E-state index contributed by atoms with van der Waals surface area (Å²) in [7, 11) is 3.09. The van der Waals surface area contributed by atoms with Crippen LogP contribution in [0.25, 0.3) is 0 Å². The molecule has 0 spiro atoms. The first kappa shape index (κ1) is 17.5. The standard InChI is InChI=1S/C16H21NO5S/c1-21-13-6-3-10(9-14(13)22-2)11-4-5-12(16(19)20)17(11)15(18)7-8-23/h3,6,9,11-12,23H,4-5,7-8H2,1-2H3,(H,19,20). The topological polar surface area (TPSA) is 76.1 Å². The second-order valence-electron chi connectivity index (χ2n) is 5.34. The molecular weight excluding hydrogens is 318 g/mol. The van der Waals surface area contributed by atoms with E-state index in [1.807, 2.05) is 6.07 Å². The highest BCUT2D eigenvalue weighted by Crippen LogP contribution is 2.40. The average Bonchev–Trinajstić information content (AvgIpc) is 2.99. The highest BCUT2D eigenvalue weighted by molar-refractivity contribution is 7.80. The number of methoxy groups -OCH3 is 2. The summed E-state index contributed by atoms with van der Waals surface area (Å²) in [5.74, 6) is 0.383. The van der Waals surface area contributed by atoms with E-state index < -0.39 is 12.0 Å². The van der Waals surface area contributed by atoms with Crippen LogP contribution in [-0.4, -0.2) is 47.9 Å². The van der Waals surface area contributed by atoms with E-state index in [-0.39, 0.29) is 18.4 Å². The molecule has 0 bridgehead atoms. The Morgan fingerprint density at radius 2 is 1.96 bits per heavy atom. The van der Waals surface area contributed by atoms with Crippen molar-refractivity contribution in [2.45, 2.75) is 31.3 Å². The van der Waals surface area contributed by atoms with Crippen LogP contribution in [0.4, 0.5) is 0 Å². The first-order chi connectivity index (χ1) is 11.0. The van der Waals surface area contributed by atoms with Gasteiger partial charge in [0.25, 0.3) is 0 Å². The minimum absolute atomic E-state index is 0.190. The van der Waals surface area contributed by atoms with Gasteiger partial charge in [-0.3, -0.25) is 4.79 Å². The maximum Gasteiger partial charge on any atom is 0.326 e. The molecular formula is C16H21NO5S. The van der Waals surface area contributed by atoms with E-state index in [2.05, 4.69) is 12.6 Å². The first-order valence-electron chi connectivity index (χ1n) is 7.40. The monoisotopic (exact) mass is 339 g/mol. The fourth-order valence-electron chi connectivity index (χ4n) is 3.01. The molecule has 1 N–H and O–H groups in total. The molecule has 0 radical (unpaired) electrons. The van der Waals surface area contributed by atoms with Crippen molar-refractivity contribution >= 4 is 24.5 Å². The lowest BCUT2D eigenvalue weighted by Gasteiger charge is -2.29. The van der Waals surface area contributed by atoms with Crippen LogP contribution < -0.4 is 9.47 Å². The lowest BCUT2D eigenvalue weighted by molar-refractivity contribution is -0.149. The van der Waals surface area contributed by atoms with Crippen LogP contribution in [0.15, 0.2) is 18.2 Å². The molecule has 7 heteroatoms. The Morgan fingerprint density at radius 1 is 1.26 bits per heavy atom. The molecule has 0 aliphatic carbocycles. The van der Waals surface area contributed by atoms with Gasteiger partial charge in [-0.25, -0.2) is 4.79 Å². The minimum Gasteiger partial charge on any atom is -0.493 e. The van der Waals surface area contributed by atoms with Crippen molar-refractivity contribution in [1.29, 1.82) is 0 Å². The Labute approximate surface area is 140 Å². The minimum atomic E-state index is -0.972. The second kappa shape index (κ2) is 7.59. The summed E-state index contributed by atoms with van der Waals surface area (Å²) in [4.78, 5) is 25.3. The van der Waals surface area contributed by atoms with E-state index in [1.54, 1.807) is 26.4 Å². The Kier molecular flexibility index (Phi) is 5.76. The van der Waals surface area contributed by atoms with Crippen LogP contribution in [0.5, 0.6) is 11.5 Å². The number of thiol groups is 1. The van der Waals surface area contributed by atoms with Crippen LogP contribution in [0.1, 0.15) is 30.9 Å².